The number of rotatable bonds is 5. The van der Waals surface area contributed by atoms with E-state index in [1.807, 2.05) is 67.6 Å². The summed E-state index contributed by atoms with van der Waals surface area (Å²) >= 11 is 6.29. The molecule has 0 radical (unpaired) electrons. The van der Waals surface area contributed by atoms with E-state index >= 15 is 0 Å². The molecule has 6 heteroatoms. The lowest BCUT2D eigenvalue weighted by molar-refractivity contribution is 0.0971. The first-order valence-corrected chi connectivity index (χ1v) is 12.3. The predicted octanol–water partition coefficient (Wildman–Crippen LogP) is 7.08. The Morgan fingerprint density at radius 2 is 1.70 bits per heavy atom. The van der Waals surface area contributed by atoms with Gasteiger partial charge < -0.3 is 9.15 Å². The largest absolute Gasteiger partial charge is 0.489 e. The number of halogens is 1. The summed E-state index contributed by atoms with van der Waals surface area (Å²) in [6.45, 7) is 2.31. The standard InChI is InChI=1S/C31H22ClNO4/c1-19-13-14-26-25(15-19)29(34)27-28(33(31(35)30(27)37-26)23-11-6-10-22(32)17-23)21-9-5-12-24(16-21)36-18-20-7-3-2-4-8-20/h2-17,28H,18H2,1H3. The van der Waals surface area contributed by atoms with Crippen LogP contribution in [-0.2, 0) is 6.61 Å². The minimum atomic E-state index is -0.706. The topological polar surface area (TPSA) is 59.8 Å². The van der Waals surface area contributed by atoms with E-state index in [2.05, 4.69) is 0 Å². The van der Waals surface area contributed by atoms with Crippen molar-refractivity contribution in [2.24, 2.45) is 0 Å². The van der Waals surface area contributed by atoms with Gasteiger partial charge in [-0.25, -0.2) is 0 Å². The summed E-state index contributed by atoms with van der Waals surface area (Å²) in [5, 5.41) is 0.931. The predicted molar refractivity (Wildman–Crippen MR) is 145 cm³/mol. The number of hydrogen-bond donors (Lipinski definition) is 0. The van der Waals surface area contributed by atoms with Gasteiger partial charge in [0.2, 0.25) is 5.76 Å². The van der Waals surface area contributed by atoms with Gasteiger partial charge in [-0.15, -0.1) is 0 Å². The van der Waals surface area contributed by atoms with Crippen LogP contribution in [0.2, 0.25) is 5.02 Å². The summed E-state index contributed by atoms with van der Waals surface area (Å²) in [5.74, 6) is 0.286. The van der Waals surface area contributed by atoms with Gasteiger partial charge in [0.25, 0.3) is 5.91 Å². The fourth-order valence-electron chi connectivity index (χ4n) is 4.81. The monoisotopic (exact) mass is 507 g/mol. The zero-order valence-electron chi connectivity index (χ0n) is 20.0. The van der Waals surface area contributed by atoms with E-state index in [0.29, 0.717) is 39.6 Å². The number of ether oxygens (including phenoxy) is 1. The van der Waals surface area contributed by atoms with Gasteiger partial charge in [-0.1, -0.05) is 71.8 Å². The fraction of sp³-hybridized carbons (Fsp3) is 0.0968. The third-order valence-electron chi connectivity index (χ3n) is 6.53. The Labute approximate surface area is 218 Å². The molecule has 0 saturated carbocycles. The van der Waals surface area contributed by atoms with Crippen LogP contribution in [0.15, 0.2) is 106 Å². The lowest BCUT2D eigenvalue weighted by Crippen LogP contribution is -2.29. The van der Waals surface area contributed by atoms with Crippen molar-refractivity contribution in [1.82, 2.24) is 0 Å². The highest BCUT2D eigenvalue weighted by Crippen LogP contribution is 2.42. The molecule has 1 unspecified atom stereocenters. The van der Waals surface area contributed by atoms with Crippen LogP contribution < -0.4 is 15.1 Å². The zero-order valence-corrected chi connectivity index (χ0v) is 20.7. The van der Waals surface area contributed by atoms with Crippen molar-refractivity contribution < 1.29 is 13.9 Å². The molecule has 0 N–H and O–H groups in total. The number of carbonyl (C=O) groups excluding carboxylic acids is 1. The third-order valence-corrected chi connectivity index (χ3v) is 6.77. The Morgan fingerprint density at radius 3 is 2.51 bits per heavy atom. The molecule has 1 amide bonds. The summed E-state index contributed by atoms with van der Waals surface area (Å²) in [4.78, 5) is 29.2. The number of carbonyl (C=O) groups is 1. The first-order valence-electron chi connectivity index (χ1n) is 11.9. The Kier molecular flexibility index (Phi) is 5.78. The lowest BCUT2D eigenvalue weighted by Gasteiger charge is -2.25. The number of benzene rings is 4. The second kappa shape index (κ2) is 9.26. The van der Waals surface area contributed by atoms with Crippen molar-refractivity contribution in [3.63, 3.8) is 0 Å². The summed E-state index contributed by atoms with van der Waals surface area (Å²) in [6.07, 6.45) is 0. The van der Waals surface area contributed by atoms with Crippen LogP contribution in [0.25, 0.3) is 11.0 Å². The highest BCUT2D eigenvalue weighted by molar-refractivity contribution is 6.31. The number of anilines is 1. The summed E-state index contributed by atoms with van der Waals surface area (Å²) in [6, 6.07) is 29.1. The van der Waals surface area contributed by atoms with E-state index in [9.17, 15) is 9.59 Å². The van der Waals surface area contributed by atoms with E-state index in [4.69, 9.17) is 20.8 Å². The minimum absolute atomic E-state index is 0.0435. The summed E-state index contributed by atoms with van der Waals surface area (Å²) in [7, 11) is 0. The average Bonchev–Trinajstić information content (AvgIpc) is 3.21. The molecular weight excluding hydrogens is 486 g/mol. The Morgan fingerprint density at radius 1 is 0.892 bits per heavy atom. The lowest BCUT2D eigenvalue weighted by atomic mass is 9.97. The highest BCUT2D eigenvalue weighted by Gasteiger charge is 2.43. The normalized spacial score (nSPS) is 14.7. The van der Waals surface area contributed by atoms with Crippen LogP contribution in [0, 0.1) is 6.92 Å². The average molecular weight is 508 g/mol. The molecular formula is C31H22ClNO4. The van der Waals surface area contributed by atoms with Gasteiger partial charge in [0.15, 0.2) is 5.43 Å². The van der Waals surface area contributed by atoms with Crippen LogP contribution in [0.5, 0.6) is 5.75 Å². The van der Waals surface area contributed by atoms with Crippen molar-refractivity contribution in [1.29, 1.82) is 0 Å². The number of nitrogens with zero attached hydrogens (tertiary/aromatic N) is 1. The number of hydrogen-bond acceptors (Lipinski definition) is 4. The quantitative estimate of drug-likeness (QED) is 0.255. The van der Waals surface area contributed by atoms with Crippen molar-refractivity contribution in [3.05, 3.63) is 140 Å². The van der Waals surface area contributed by atoms with Crippen LogP contribution >= 0.6 is 11.6 Å². The molecule has 0 saturated heterocycles. The molecule has 6 rings (SSSR count). The Hall–Kier alpha value is -4.35. The highest BCUT2D eigenvalue weighted by atomic mass is 35.5. The summed E-state index contributed by atoms with van der Waals surface area (Å²) in [5.41, 5.74) is 3.75. The molecule has 0 spiro atoms. The Balaban J connectivity index is 1.50. The van der Waals surface area contributed by atoms with Gasteiger partial charge >= 0.3 is 0 Å². The van der Waals surface area contributed by atoms with Crippen molar-refractivity contribution >= 4 is 34.2 Å². The first kappa shape index (κ1) is 23.1. The molecule has 37 heavy (non-hydrogen) atoms. The minimum Gasteiger partial charge on any atom is -0.489 e. The second-order valence-electron chi connectivity index (χ2n) is 9.08. The zero-order chi connectivity index (χ0) is 25.5. The van der Waals surface area contributed by atoms with E-state index in [1.165, 1.54) is 0 Å². The molecule has 0 fully saturated rings. The van der Waals surface area contributed by atoms with Gasteiger partial charge in [-0.2, -0.15) is 0 Å². The molecule has 1 aliphatic rings. The van der Waals surface area contributed by atoms with Crippen molar-refractivity contribution in [3.8, 4) is 5.75 Å². The first-order chi connectivity index (χ1) is 18.0. The Bertz CT molecular complexity index is 1710. The van der Waals surface area contributed by atoms with Crippen molar-refractivity contribution in [2.75, 3.05) is 4.90 Å². The van der Waals surface area contributed by atoms with Crippen LogP contribution in [-0.4, -0.2) is 5.91 Å². The van der Waals surface area contributed by atoms with Gasteiger partial charge in [-0.3, -0.25) is 14.5 Å². The van der Waals surface area contributed by atoms with Crippen LogP contribution in [0.3, 0.4) is 0 Å². The maximum Gasteiger partial charge on any atom is 0.295 e. The number of fused-ring (bicyclic) bond motifs is 2. The molecule has 5 aromatic rings. The molecule has 4 aromatic carbocycles. The van der Waals surface area contributed by atoms with E-state index in [-0.39, 0.29) is 11.2 Å². The molecule has 2 heterocycles. The summed E-state index contributed by atoms with van der Waals surface area (Å²) < 4.78 is 12.1. The third kappa shape index (κ3) is 4.17. The molecule has 0 aliphatic carbocycles. The SMILES string of the molecule is Cc1ccc2oc3c(c(=O)c2c1)C(c1cccc(OCc2ccccc2)c1)N(c1cccc(Cl)c1)C3=O. The van der Waals surface area contributed by atoms with E-state index < -0.39 is 11.9 Å². The smallest absolute Gasteiger partial charge is 0.295 e. The fourth-order valence-corrected chi connectivity index (χ4v) is 4.99. The maximum atomic E-state index is 13.8. The molecule has 0 bridgehead atoms. The van der Waals surface area contributed by atoms with Crippen molar-refractivity contribution in [2.45, 2.75) is 19.6 Å². The second-order valence-corrected chi connectivity index (χ2v) is 9.51. The molecule has 1 aliphatic heterocycles. The van der Waals surface area contributed by atoms with Gasteiger partial charge in [0.05, 0.1) is 17.0 Å². The molecule has 1 aromatic heterocycles. The molecule has 182 valence electrons. The number of aryl methyl sites for hydroxylation is 1. The van der Waals surface area contributed by atoms with Crippen LogP contribution in [0.1, 0.15) is 38.9 Å². The number of amides is 1. The van der Waals surface area contributed by atoms with E-state index in [0.717, 1.165) is 16.7 Å². The van der Waals surface area contributed by atoms with Gasteiger partial charge in [0.1, 0.15) is 17.9 Å². The molecule has 1 atom stereocenters. The van der Waals surface area contributed by atoms with E-state index in [1.54, 1.807) is 41.3 Å². The molecule has 5 nitrogen and oxygen atoms in total. The maximum absolute atomic E-state index is 13.8. The van der Waals surface area contributed by atoms with Gasteiger partial charge in [0, 0.05) is 10.7 Å². The van der Waals surface area contributed by atoms with Crippen LogP contribution in [0.4, 0.5) is 5.69 Å². The van der Waals surface area contributed by atoms with Gasteiger partial charge in [-0.05, 0) is 60.5 Å².